The molecule has 27 heavy (non-hydrogen) atoms. The lowest BCUT2D eigenvalue weighted by atomic mass is 10.2. The van der Waals surface area contributed by atoms with Gasteiger partial charge >= 0.3 is 0 Å². The fourth-order valence-electron chi connectivity index (χ4n) is 3.02. The molecule has 3 aromatic rings. The molecule has 1 aliphatic rings. The van der Waals surface area contributed by atoms with Crippen LogP contribution in [0.15, 0.2) is 88.8 Å². The molecule has 1 aliphatic heterocycles. The molecule has 0 aliphatic carbocycles. The maximum atomic E-state index is 12.9. The summed E-state index contributed by atoms with van der Waals surface area (Å²) in [6.45, 7) is 0.734. The smallest absolute Gasteiger partial charge is 0.223 e. The summed E-state index contributed by atoms with van der Waals surface area (Å²) in [6.07, 6.45) is 5.02. The van der Waals surface area contributed by atoms with E-state index >= 15 is 0 Å². The van der Waals surface area contributed by atoms with Crippen molar-refractivity contribution in [3.63, 3.8) is 0 Å². The number of sulfone groups is 1. The highest BCUT2D eigenvalue weighted by molar-refractivity contribution is 7.95. The van der Waals surface area contributed by atoms with Gasteiger partial charge in [-0.05, 0) is 35.9 Å². The lowest BCUT2D eigenvalue weighted by Gasteiger charge is -2.18. The van der Waals surface area contributed by atoms with E-state index in [1.54, 1.807) is 18.2 Å². The van der Waals surface area contributed by atoms with E-state index in [1.165, 1.54) is 18.7 Å². The van der Waals surface area contributed by atoms with Crippen molar-refractivity contribution < 1.29 is 13.2 Å². The van der Waals surface area contributed by atoms with Gasteiger partial charge in [0.25, 0.3) is 0 Å². The molecule has 2 N–H and O–H groups in total. The van der Waals surface area contributed by atoms with Crippen LogP contribution in [0, 0.1) is 0 Å². The third-order valence-corrected chi connectivity index (χ3v) is 6.14. The molecule has 1 aromatic heterocycles. The Labute approximate surface area is 157 Å². The SMILES string of the molecule is COC1=CC=C(S(=O)(=O)c2ccc3c(ccn3Cc3ccccc3)c2)NN1. The minimum absolute atomic E-state index is 0.0753. The van der Waals surface area contributed by atoms with Crippen LogP contribution in [-0.2, 0) is 21.1 Å². The predicted molar refractivity (Wildman–Crippen MR) is 104 cm³/mol. The van der Waals surface area contributed by atoms with Gasteiger partial charge in [-0.1, -0.05) is 30.3 Å². The van der Waals surface area contributed by atoms with Crippen LogP contribution in [0.4, 0.5) is 0 Å². The van der Waals surface area contributed by atoms with E-state index in [0.717, 1.165) is 17.4 Å². The van der Waals surface area contributed by atoms with Crippen LogP contribution in [0.25, 0.3) is 10.9 Å². The van der Waals surface area contributed by atoms with Crippen molar-refractivity contribution in [3.8, 4) is 0 Å². The molecule has 2 heterocycles. The molecule has 0 spiro atoms. The van der Waals surface area contributed by atoms with Gasteiger partial charge in [-0.3, -0.25) is 10.9 Å². The summed E-state index contributed by atoms with van der Waals surface area (Å²) in [5.74, 6) is 0.447. The number of hydrogen-bond donors (Lipinski definition) is 2. The molecule has 0 fully saturated rings. The lowest BCUT2D eigenvalue weighted by molar-refractivity contribution is 0.251. The van der Waals surface area contributed by atoms with Crippen LogP contribution in [0.5, 0.6) is 0 Å². The zero-order valence-electron chi connectivity index (χ0n) is 14.7. The first-order valence-electron chi connectivity index (χ1n) is 8.44. The minimum Gasteiger partial charge on any atom is -0.481 e. The van der Waals surface area contributed by atoms with E-state index in [1.807, 2.05) is 36.5 Å². The predicted octanol–water partition coefficient (Wildman–Crippen LogP) is 2.90. The third-order valence-electron chi connectivity index (χ3n) is 4.45. The fraction of sp³-hybridized carbons (Fsp3) is 0.100. The average molecular weight is 381 g/mol. The van der Waals surface area contributed by atoms with Gasteiger partial charge < -0.3 is 9.30 Å². The van der Waals surface area contributed by atoms with Crippen molar-refractivity contribution in [1.29, 1.82) is 0 Å². The van der Waals surface area contributed by atoms with E-state index in [2.05, 4.69) is 27.6 Å². The maximum absolute atomic E-state index is 12.9. The maximum Gasteiger partial charge on any atom is 0.223 e. The minimum atomic E-state index is -3.66. The van der Waals surface area contributed by atoms with Gasteiger partial charge in [-0.25, -0.2) is 8.42 Å². The lowest BCUT2D eigenvalue weighted by Crippen LogP contribution is -2.36. The summed E-state index contributed by atoms with van der Waals surface area (Å²) < 4.78 is 32.9. The molecule has 7 heteroatoms. The van der Waals surface area contributed by atoms with Crippen LogP contribution in [0.2, 0.25) is 0 Å². The molecular formula is C20H19N3O3S. The Balaban J connectivity index is 1.66. The van der Waals surface area contributed by atoms with E-state index in [-0.39, 0.29) is 9.92 Å². The summed E-state index contributed by atoms with van der Waals surface area (Å²) in [7, 11) is -2.15. The van der Waals surface area contributed by atoms with Crippen LogP contribution >= 0.6 is 0 Å². The first-order valence-corrected chi connectivity index (χ1v) is 9.92. The number of nitrogens with one attached hydrogen (secondary N) is 2. The number of aromatic nitrogens is 1. The Morgan fingerprint density at radius 3 is 2.52 bits per heavy atom. The van der Waals surface area contributed by atoms with Crippen molar-refractivity contribution in [1.82, 2.24) is 15.4 Å². The van der Waals surface area contributed by atoms with Crippen molar-refractivity contribution in [2.24, 2.45) is 0 Å². The molecular weight excluding hydrogens is 362 g/mol. The number of ether oxygens (including phenoxy) is 1. The van der Waals surface area contributed by atoms with Gasteiger partial charge in [0.05, 0.1) is 12.0 Å². The van der Waals surface area contributed by atoms with E-state index in [4.69, 9.17) is 4.74 Å². The third kappa shape index (κ3) is 3.29. The number of rotatable bonds is 5. The molecule has 138 valence electrons. The topological polar surface area (TPSA) is 72.4 Å². The molecule has 2 aromatic carbocycles. The van der Waals surface area contributed by atoms with Crippen LogP contribution < -0.4 is 10.9 Å². The summed E-state index contributed by atoms with van der Waals surface area (Å²) in [6, 6.07) is 17.3. The van der Waals surface area contributed by atoms with E-state index in [0.29, 0.717) is 5.88 Å². The molecule has 4 rings (SSSR count). The first-order chi connectivity index (χ1) is 13.1. The molecule has 0 saturated carbocycles. The number of nitrogens with zero attached hydrogens (tertiary/aromatic N) is 1. The largest absolute Gasteiger partial charge is 0.481 e. The van der Waals surface area contributed by atoms with Gasteiger partial charge in [0, 0.05) is 29.7 Å². The standard InChI is InChI=1S/C20H19N3O3S/c1-26-19-9-10-20(22-21-19)27(24,25)17-7-8-18-16(13-17)11-12-23(18)14-15-5-3-2-4-6-15/h2-13,21-22H,14H2,1H3. The Kier molecular flexibility index (Phi) is 4.37. The highest BCUT2D eigenvalue weighted by Gasteiger charge is 2.23. The summed E-state index contributed by atoms with van der Waals surface area (Å²) in [5.41, 5.74) is 7.55. The first kappa shape index (κ1) is 17.2. The second-order valence-electron chi connectivity index (χ2n) is 6.17. The summed E-state index contributed by atoms with van der Waals surface area (Å²) in [5, 5.41) is 0.955. The monoisotopic (exact) mass is 381 g/mol. The van der Waals surface area contributed by atoms with Gasteiger partial charge in [-0.15, -0.1) is 0 Å². The van der Waals surface area contributed by atoms with Gasteiger partial charge in [0.2, 0.25) is 15.7 Å². The normalized spacial score (nSPS) is 14.1. The van der Waals surface area contributed by atoms with Crippen molar-refractivity contribution in [2.75, 3.05) is 7.11 Å². The van der Waals surface area contributed by atoms with E-state index in [9.17, 15) is 8.42 Å². The number of fused-ring (bicyclic) bond motifs is 1. The zero-order valence-corrected chi connectivity index (χ0v) is 15.5. The zero-order chi connectivity index (χ0) is 18.9. The number of allylic oxidation sites excluding steroid dienone is 2. The number of hydrogen-bond acceptors (Lipinski definition) is 5. The number of benzene rings is 2. The average Bonchev–Trinajstić information content (AvgIpc) is 3.11. The molecule has 0 atom stereocenters. The van der Waals surface area contributed by atoms with Gasteiger partial charge in [0.1, 0.15) is 0 Å². The van der Waals surface area contributed by atoms with Crippen molar-refractivity contribution >= 4 is 20.7 Å². The van der Waals surface area contributed by atoms with Crippen molar-refractivity contribution in [2.45, 2.75) is 11.4 Å². The highest BCUT2D eigenvalue weighted by atomic mass is 32.2. The number of methoxy groups -OCH3 is 1. The Hall–Kier alpha value is -3.19. The van der Waals surface area contributed by atoms with Crippen LogP contribution in [-0.4, -0.2) is 20.1 Å². The van der Waals surface area contributed by atoms with Gasteiger partial charge in [0.15, 0.2) is 5.03 Å². The quantitative estimate of drug-likeness (QED) is 0.711. The second-order valence-corrected chi connectivity index (χ2v) is 8.09. The molecule has 0 amide bonds. The summed E-state index contributed by atoms with van der Waals surface area (Å²) >= 11 is 0. The second kappa shape index (κ2) is 6.85. The molecule has 6 nitrogen and oxygen atoms in total. The fourth-order valence-corrected chi connectivity index (χ4v) is 4.24. The molecule has 0 bridgehead atoms. The Morgan fingerprint density at radius 1 is 1.00 bits per heavy atom. The van der Waals surface area contributed by atoms with Crippen LogP contribution in [0.3, 0.4) is 0 Å². The van der Waals surface area contributed by atoms with Crippen LogP contribution in [0.1, 0.15) is 5.56 Å². The Morgan fingerprint density at radius 2 is 1.81 bits per heavy atom. The summed E-state index contributed by atoms with van der Waals surface area (Å²) in [4.78, 5) is 0.238. The highest BCUT2D eigenvalue weighted by Crippen LogP contribution is 2.25. The van der Waals surface area contributed by atoms with Gasteiger partial charge in [-0.2, -0.15) is 0 Å². The Bertz CT molecular complexity index is 1150. The molecule has 0 saturated heterocycles. The number of hydrazine groups is 1. The van der Waals surface area contributed by atoms with E-state index < -0.39 is 9.84 Å². The molecule has 0 unspecified atom stereocenters. The molecule has 0 radical (unpaired) electrons. The van der Waals surface area contributed by atoms with Crippen molar-refractivity contribution in [3.05, 3.63) is 89.4 Å².